The van der Waals surface area contributed by atoms with Gasteiger partial charge in [0.25, 0.3) is 5.56 Å². The minimum atomic E-state index is -0.112. The van der Waals surface area contributed by atoms with Crippen molar-refractivity contribution in [1.29, 1.82) is 0 Å². The molecule has 3 aromatic heterocycles. The minimum absolute atomic E-state index is 0.112. The van der Waals surface area contributed by atoms with Crippen LogP contribution in [0.1, 0.15) is 38.6 Å². The van der Waals surface area contributed by atoms with Gasteiger partial charge in [0, 0.05) is 29.0 Å². The zero-order chi connectivity index (χ0) is 19.8. The highest BCUT2D eigenvalue weighted by Gasteiger charge is 2.27. The van der Waals surface area contributed by atoms with Crippen molar-refractivity contribution in [2.75, 3.05) is 5.32 Å². The third-order valence-corrected chi connectivity index (χ3v) is 6.66. The fraction of sp³-hybridized carbons (Fsp3) is 0.318. The molecular formula is C22H23N5OS. The van der Waals surface area contributed by atoms with Crippen LogP contribution in [0.4, 0.5) is 11.5 Å². The second kappa shape index (κ2) is 7.48. The van der Waals surface area contributed by atoms with E-state index in [-0.39, 0.29) is 5.56 Å². The predicted molar refractivity (Wildman–Crippen MR) is 118 cm³/mol. The zero-order valence-corrected chi connectivity index (χ0v) is 17.1. The maximum atomic E-state index is 12.6. The summed E-state index contributed by atoms with van der Waals surface area (Å²) in [7, 11) is 0. The van der Waals surface area contributed by atoms with Crippen molar-refractivity contribution in [1.82, 2.24) is 19.7 Å². The lowest BCUT2D eigenvalue weighted by Crippen LogP contribution is -2.22. The van der Waals surface area contributed by atoms with Crippen LogP contribution in [0.2, 0.25) is 0 Å². The van der Waals surface area contributed by atoms with Crippen LogP contribution >= 0.6 is 11.3 Å². The molecule has 5 rings (SSSR count). The Kier molecular flexibility index (Phi) is 4.67. The van der Waals surface area contributed by atoms with Crippen molar-refractivity contribution in [3.8, 4) is 10.6 Å². The molecule has 2 N–H and O–H groups in total. The Morgan fingerprint density at radius 2 is 2.00 bits per heavy atom. The molecule has 1 aliphatic carbocycles. The molecule has 4 aromatic rings. The van der Waals surface area contributed by atoms with Crippen LogP contribution in [0.3, 0.4) is 0 Å². The lowest BCUT2D eigenvalue weighted by Gasteiger charge is -2.29. The molecule has 1 saturated carbocycles. The van der Waals surface area contributed by atoms with E-state index in [9.17, 15) is 4.79 Å². The van der Waals surface area contributed by atoms with E-state index in [1.165, 1.54) is 19.3 Å². The summed E-state index contributed by atoms with van der Waals surface area (Å²) in [5.41, 5.74) is 2.76. The number of pyridine rings is 1. The first-order valence-corrected chi connectivity index (χ1v) is 11.0. The zero-order valence-electron chi connectivity index (χ0n) is 16.3. The van der Waals surface area contributed by atoms with Gasteiger partial charge in [-0.2, -0.15) is 5.10 Å². The Hall–Kier alpha value is -2.93. The first-order valence-electron chi connectivity index (χ1n) is 10.1. The Morgan fingerprint density at radius 3 is 2.76 bits per heavy atom. The van der Waals surface area contributed by atoms with Gasteiger partial charge in [0.2, 0.25) is 0 Å². The maximum Gasteiger partial charge on any atom is 0.261 e. The largest absolute Gasteiger partial charge is 0.338 e. The van der Waals surface area contributed by atoms with Gasteiger partial charge >= 0.3 is 0 Å². The van der Waals surface area contributed by atoms with Gasteiger partial charge in [-0.05, 0) is 49.1 Å². The highest BCUT2D eigenvalue weighted by Crippen LogP contribution is 2.36. The molecule has 1 fully saturated rings. The minimum Gasteiger partial charge on any atom is -0.338 e. The molecule has 1 unspecified atom stereocenters. The normalized spacial score (nSPS) is 19.5. The summed E-state index contributed by atoms with van der Waals surface area (Å²) in [6, 6.07) is 10.4. The van der Waals surface area contributed by atoms with E-state index < -0.39 is 0 Å². The number of benzene rings is 1. The van der Waals surface area contributed by atoms with Crippen molar-refractivity contribution in [2.45, 2.75) is 38.6 Å². The number of anilines is 2. The summed E-state index contributed by atoms with van der Waals surface area (Å²) in [5.74, 6) is 1.16. The number of aromatic nitrogens is 4. The third kappa shape index (κ3) is 3.35. The molecule has 0 spiro atoms. The molecule has 0 saturated heterocycles. The van der Waals surface area contributed by atoms with E-state index >= 15 is 0 Å². The summed E-state index contributed by atoms with van der Waals surface area (Å²) in [5, 5.41) is 11.8. The maximum absolute atomic E-state index is 12.6. The van der Waals surface area contributed by atoms with E-state index in [1.54, 1.807) is 17.5 Å². The number of nitrogens with zero attached hydrogens (tertiary/aromatic N) is 3. The molecule has 29 heavy (non-hydrogen) atoms. The van der Waals surface area contributed by atoms with Gasteiger partial charge in [0.1, 0.15) is 10.4 Å². The Labute approximate surface area is 172 Å². The number of rotatable bonds is 4. The predicted octanol–water partition coefficient (Wildman–Crippen LogP) is 5.34. The standard InChI is InChI=1S/C22H23N5OS/c1-14-4-2-3-5-17(14)27-18-10-11-23-21(28)19(18)20(26-27)25-16-8-6-15(7-9-16)22-24-12-13-29-22/h6-14,17H,2-5H2,1H3,(H,23,28)(H,25,26)/t14-,17?/m0/s1. The molecular weight excluding hydrogens is 382 g/mol. The highest BCUT2D eigenvalue weighted by molar-refractivity contribution is 7.13. The first-order chi connectivity index (χ1) is 14.2. The number of hydrogen-bond acceptors (Lipinski definition) is 5. The van der Waals surface area contributed by atoms with Crippen LogP contribution in [0.15, 0.2) is 52.9 Å². The van der Waals surface area contributed by atoms with Gasteiger partial charge in [0.15, 0.2) is 5.82 Å². The summed E-state index contributed by atoms with van der Waals surface area (Å²) in [6.07, 6.45) is 8.31. The topological polar surface area (TPSA) is 75.6 Å². The second-order valence-electron chi connectivity index (χ2n) is 7.73. The van der Waals surface area contributed by atoms with Crippen molar-refractivity contribution in [3.05, 3.63) is 58.5 Å². The number of fused-ring (bicyclic) bond motifs is 1. The Balaban J connectivity index is 1.52. The monoisotopic (exact) mass is 405 g/mol. The van der Waals surface area contributed by atoms with E-state index in [0.717, 1.165) is 28.2 Å². The fourth-order valence-corrected chi connectivity index (χ4v) is 4.94. The molecule has 2 atom stereocenters. The van der Waals surface area contributed by atoms with Gasteiger partial charge in [-0.1, -0.05) is 19.8 Å². The first kappa shape index (κ1) is 18.1. The van der Waals surface area contributed by atoms with Crippen molar-refractivity contribution in [2.24, 2.45) is 5.92 Å². The molecule has 0 bridgehead atoms. The number of hydrogen-bond donors (Lipinski definition) is 2. The van der Waals surface area contributed by atoms with Crippen LogP contribution in [0, 0.1) is 5.92 Å². The van der Waals surface area contributed by atoms with Gasteiger partial charge in [-0.3, -0.25) is 9.48 Å². The Morgan fingerprint density at radius 1 is 1.17 bits per heavy atom. The van der Waals surface area contributed by atoms with E-state index in [0.29, 0.717) is 23.2 Å². The SMILES string of the molecule is C[C@H]1CCCCC1n1nc(Nc2ccc(-c3nccs3)cc2)c2c(=O)[nH]ccc21. The lowest BCUT2D eigenvalue weighted by atomic mass is 9.86. The summed E-state index contributed by atoms with van der Waals surface area (Å²) in [6.45, 7) is 2.29. The average Bonchev–Trinajstić information content (AvgIpc) is 3.39. The number of H-pyrrole nitrogens is 1. The summed E-state index contributed by atoms with van der Waals surface area (Å²) >= 11 is 1.62. The summed E-state index contributed by atoms with van der Waals surface area (Å²) in [4.78, 5) is 19.8. The van der Waals surface area contributed by atoms with Crippen LogP contribution in [-0.4, -0.2) is 19.7 Å². The quantitative estimate of drug-likeness (QED) is 0.480. The van der Waals surface area contributed by atoms with Crippen LogP contribution in [0.5, 0.6) is 0 Å². The average molecular weight is 406 g/mol. The molecule has 148 valence electrons. The molecule has 7 heteroatoms. The second-order valence-corrected chi connectivity index (χ2v) is 8.62. The van der Waals surface area contributed by atoms with Gasteiger partial charge in [-0.25, -0.2) is 4.98 Å². The van der Waals surface area contributed by atoms with Gasteiger partial charge in [-0.15, -0.1) is 11.3 Å². The molecule has 0 amide bonds. The molecule has 0 aliphatic heterocycles. The van der Waals surface area contributed by atoms with Crippen molar-refractivity contribution in [3.63, 3.8) is 0 Å². The van der Waals surface area contributed by atoms with Crippen molar-refractivity contribution < 1.29 is 0 Å². The van der Waals surface area contributed by atoms with Crippen molar-refractivity contribution >= 4 is 33.7 Å². The van der Waals surface area contributed by atoms with Gasteiger partial charge in [0.05, 0.1) is 11.6 Å². The number of nitrogens with one attached hydrogen (secondary N) is 2. The molecule has 3 heterocycles. The van der Waals surface area contributed by atoms with Crippen LogP contribution in [-0.2, 0) is 0 Å². The lowest BCUT2D eigenvalue weighted by molar-refractivity contribution is 0.246. The fourth-order valence-electron chi connectivity index (χ4n) is 4.30. The van der Waals surface area contributed by atoms with Crippen LogP contribution in [0.25, 0.3) is 21.5 Å². The molecule has 0 radical (unpaired) electrons. The smallest absolute Gasteiger partial charge is 0.261 e. The Bertz CT molecular complexity index is 1180. The van der Waals surface area contributed by atoms with E-state index in [4.69, 9.17) is 5.10 Å². The molecule has 6 nitrogen and oxygen atoms in total. The molecule has 1 aliphatic rings. The van der Waals surface area contributed by atoms with E-state index in [1.807, 2.05) is 41.9 Å². The van der Waals surface area contributed by atoms with Gasteiger partial charge < -0.3 is 10.3 Å². The van der Waals surface area contributed by atoms with E-state index in [2.05, 4.69) is 26.9 Å². The molecule has 1 aromatic carbocycles. The third-order valence-electron chi connectivity index (χ3n) is 5.84. The van der Waals surface area contributed by atoms with Crippen LogP contribution < -0.4 is 10.9 Å². The number of thiazole rings is 1. The number of aromatic amines is 1. The highest BCUT2D eigenvalue weighted by atomic mass is 32.1. The summed E-state index contributed by atoms with van der Waals surface area (Å²) < 4.78 is 2.07.